The molecular formula is C22H15BrN2O4S. The van der Waals surface area contributed by atoms with Crippen molar-refractivity contribution in [2.75, 3.05) is 11.5 Å². The van der Waals surface area contributed by atoms with Gasteiger partial charge in [-0.05, 0) is 42.8 Å². The minimum atomic E-state index is -0.631. The van der Waals surface area contributed by atoms with Gasteiger partial charge >= 0.3 is 0 Å². The Hall–Kier alpha value is -2.97. The molecule has 1 aliphatic rings. The van der Waals surface area contributed by atoms with Crippen LogP contribution >= 0.6 is 27.3 Å². The van der Waals surface area contributed by atoms with Gasteiger partial charge in [-0.15, -0.1) is 11.3 Å². The molecule has 0 saturated heterocycles. The molecule has 30 heavy (non-hydrogen) atoms. The lowest BCUT2D eigenvalue weighted by molar-refractivity contribution is 0.0971. The Kier molecular flexibility index (Phi) is 4.67. The van der Waals surface area contributed by atoms with Gasteiger partial charge in [-0.1, -0.05) is 28.1 Å². The summed E-state index contributed by atoms with van der Waals surface area (Å²) < 4.78 is 12.2. The van der Waals surface area contributed by atoms with E-state index in [0.717, 1.165) is 15.8 Å². The molecule has 1 aliphatic heterocycles. The highest BCUT2D eigenvalue weighted by Crippen LogP contribution is 2.42. The number of hydrogen-bond donors (Lipinski definition) is 0. The van der Waals surface area contributed by atoms with E-state index < -0.39 is 6.04 Å². The first-order chi connectivity index (χ1) is 14.6. The third kappa shape index (κ3) is 2.95. The summed E-state index contributed by atoms with van der Waals surface area (Å²) in [4.78, 5) is 32.7. The second-order valence-electron chi connectivity index (χ2n) is 6.71. The van der Waals surface area contributed by atoms with E-state index >= 15 is 0 Å². The van der Waals surface area contributed by atoms with Gasteiger partial charge in [0.25, 0.3) is 5.91 Å². The molecule has 150 valence electrons. The van der Waals surface area contributed by atoms with Crippen molar-refractivity contribution in [2.45, 2.75) is 13.0 Å². The van der Waals surface area contributed by atoms with Gasteiger partial charge in [0.1, 0.15) is 11.3 Å². The minimum absolute atomic E-state index is 0.0592. The summed E-state index contributed by atoms with van der Waals surface area (Å²) >= 11 is 4.74. The molecule has 3 heterocycles. The number of nitrogens with zero attached hydrogens (tertiary/aromatic N) is 2. The van der Waals surface area contributed by atoms with Gasteiger partial charge in [-0.2, -0.15) is 0 Å². The lowest BCUT2D eigenvalue weighted by Gasteiger charge is -2.22. The zero-order valence-electron chi connectivity index (χ0n) is 15.8. The number of thiazole rings is 1. The second kappa shape index (κ2) is 7.37. The van der Waals surface area contributed by atoms with Gasteiger partial charge in [0.2, 0.25) is 5.76 Å². The Balaban J connectivity index is 1.76. The Labute approximate surface area is 183 Å². The molecule has 0 bridgehead atoms. The van der Waals surface area contributed by atoms with Crippen molar-refractivity contribution in [3.05, 3.63) is 85.6 Å². The summed E-state index contributed by atoms with van der Waals surface area (Å²) in [6, 6.07) is 11.9. The molecule has 0 saturated carbocycles. The highest BCUT2D eigenvalue weighted by molar-refractivity contribution is 9.10. The first-order valence-corrected chi connectivity index (χ1v) is 11.0. The smallest absolute Gasteiger partial charge is 0.297 e. The molecule has 0 aliphatic carbocycles. The summed E-state index contributed by atoms with van der Waals surface area (Å²) in [5.74, 6) is 0.408. The van der Waals surface area contributed by atoms with Crippen LogP contribution in [0.4, 0.5) is 5.13 Å². The van der Waals surface area contributed by atoms with Crippen LogP contribution in [-0.4, -0.2) is 17.5 Å². The topological polar surface area (TPSA) is 72.6 Å². The van der Waals surface area contributed by atoms with E-state index in [-0.39, 0.29) is 17.1 Å². The second-order valence-corrected chi connectivity index (χ2v) is 8.50. The summed E-state index contributed by atoms with van der Waals surface area (Å²) in [6.07, 6.45) is 1.63. The third-order valence-corrected chi connectivity index (χ3v) is 6.23. The first-order valence-electron chi connectivity index (χ1n) is 9.30. The molecule has 5 rings (SSSR count). The molecule has 2 aromatic carbocycles. The summed E-state index contributed by atoms with van der Waals surface area (Å²) in [7, 11) is 0. The van der Waals surface area contributed by atoms with Gasteiger partial charge in [-0.3, -0.25) is 14.5 Å². The van der Waals surface area contributed by atoms with E-state index in [0.29, 0.717) is 28.3 Å². The SMILES string of the molecule is CCOc1ccc([C@H]2c3c(oc4ccc(Br)cc4c3=O)C(=O)N2c2nccs2)cc1. The Bertz CT molecular complexity index is 1320. The van der Waals surface area contributed by atoms with Crippen molar-refractivity contribution >= 4 is 49.3 Å². The number of ether oxygens (including phenoxy) is 1. The molecule has 0 radical (unpaired) electrons. The minimum Gasteiger partial charge on any atom is -0.494 e. The molecule has 0 spiro atoms. The lowest BCUT2D eigenvalue weighted by atomic mass is 9.98. The highest BCUT2D eigenvalue weighted by Gasteiger charge is 2.44. The van der Waals surface area contributed by atoms with Crippen LogP contribution < -0.4 is 15.1 Å². The van der Waals surface area contributed by atoms with Crippen molar-refractivity contribution in [3.63, 3.8) is 0 Å². The molecule has 1 amide bonds. The van der Waals surface area contributed by atoms with E-state index in [1.807, 2.05) is 31.2 Å². The fourth-order valence-corrected chi connectivity index (χ4v) is 4.73. The number of hydrogen-bond acceptors (Lipinski definition) is 6. The van der Waals surface area contributed by atoms with Crippen LogP contribution in [0.1, 0.15) is 34.6 Å². The van der Waals surface area contributed by atoms with E-state index in [9.17, 15) is 9.59 Å². The average molecular weight is 483 g/mol. The normalized spacial score (nSPS) is 15.6. The van der Waals surface area contributed by atoms with Gasteiger partial charge in [0.05, 0.1) is 23.6 Å². The van der Waals surface area contributed by atoms with Gasteiger partial charge < -0.3 is 9.15 Å². The Morgan fingerprint density at radius 1 is 1.20 bits per heavy atom. The molecular weight excluding hydrogens is 468 g/mol. The zero-order chi connectivity index (χ0) is 20.8. The van der Waals surface area contributed by atoms with Gasteiger partial charge in [0, 0.05) is 16.0 Å². The fourth-order valence-electron chi connectivity index (χ4n) is 3.71. The Morgan fingerprint density at radius 3 is 2.70 bits per heavy atom. The number of carbonyl (C=O) groups is 1. The van der Waals surface area contributed by atoms with E-state index in [1.165, 1.54) is 16.2 Å². The first kappa shape index (κ1) is 19.0. The fraction of sp³-hybridized carbons (Fsp3) is 0.136. The van der Waals surface area contributed by atoms with Crippen LogP contribution in [0.3, 0.4) is 0 Å². The molecule has 0 N–H and O–H groups in total. The molecule has 0 fully saturated rings. The van der Waals surface area contributed by atoms with Crippen molar-refractivity contribution in [1.82, 2.24) is 4.98 Å². The van der Waals surface area contributed by atoms with Crippen molar-refractivity contribution in [2.24, 2.45) is 0 Å². The van der Waals surface area contributed by atoms with E-state index in [1.54, 1.807) is 29.8 Å². The van der Waals surface area contributed by atoms with Gasteiger partial charge in [-0.25, -0.2) is 4.98 Å². The van der Waals surface area contributed by atoms with Crippen LogP contribution in [0.15, 0.2) is 67.7 Å². The highest BCUT2D eigenvalue weighted by atomic mass is 79.9. The molecule has 1 atom stereocenters. The number of amides is 1. The van der Waals surface area contributed by atoms with E-state index in [4.69, 9.17) is 9.15 Å². The maximum atomic E-state index is 13.5. The quantitative estimate of drug-likeness (QED) is 0.401. The van der Waals surface area contributed by atoms with E-state index in [2.05, 4.69) is 20.9 Å². The predicted molar refractivity (Wildman–Crippen MR) is 119 cm³/mol. The zero-order valence-corrected chi connectivity index (χ0v) is 18.2. The molecule has 6 nitrogen and oxygen atoms in total. The van der Waals surface area contributed by atoms with Crippen LogP contribution in [0.5, 0.6) is 5.75 Å². The van der Waals surface area contributed by atoms with Crippen LogP contribution in [-0.2, 0) is 0 Å². The van der Waals surface area contributed by atoms with Gasteiger partial charge in [0.15, 0.2) is 10.6 Å². The van der Waals surface area contributed by atoms with Crippen LogP contribution in [0.25, 0.3) is 11.0 Å². The standard InChI is InChI=1S/C22H15BrN2O4S/c1-2-28-14-6-3-12(4-7-14)18-17-19(26)15-11-13(23)5-8-16(15)29-20(17)21(27)25(18)22-24-9-10-30-22/h3-11,18H,2H2,1H3/t18-/m0/s1. The summed E-state index contributed by atoms with van der Waals surface area (Å²) in [6.45, 7) is 2.47. The summed E-state index contributed by atoms with van der Waals surface area (Å²) in [5, 5.41) is 2.73. The lowest BCUT2D eigenvalue weighted by Crippen LogP contribution is -2.29. The molecule has 2 aromatic heterocycles. The number of rotatable bonds is 4. The average Bonchev–Trinajstić information content (AvgIpc) is 3.36. The molecule has 8 heteroatoms. The Morgan fingerprint density at radius 2 is 2.00 bits per heavy atom. The predicted octanol–water partition coefficient (Wildman–Crippen LogP) is 5.16. The van der Waals surface area contributed by atoms with Crippen molar-refractivity contribution in [3.8, 4) is 5.75 Å². The molecule has 4 aromatic rings. The van der Waals surface area contributed by atoms with Crippen molar-refractivity contribution < 1.29 is 13.9 Å². The maximum absolute atomic E-state index is 13.5. The number of benzene rings is 2. The van der Waals surface area contributed by atoms with Crippen LogP contribution in [0, 0.1) is 0 Å². The molecule has 0 unspecified atom stereocenters. The maximum Gasteiger partial charge on any atom is 0.297 e. The number of anilines is 1. The number of carbonyl (C=O) groups excluding carboxylic acids is 1. The number of aromatic nitrogens is 1. The number of fused-ring (bicyclic) bond motifs is 2. The van der Waals surface area contributed by atoms with Crippen LogP contribution in [0.2, 0.25) is 0 Å². The van der Waals surface area contributed by atoms with Crippen molar-refractivity contribution in [1.29, 1.82) is 0 Å². The monoisotopic (exact) mass is 482 g/mol. The third-order valence-electron chi connectivity index (χ3n) is 4.96. The number of halogens is 1. The summed E-state index contributed by atoms with van der Waals surface area (Å²) in [5.41, 5.74) is 1.26. The largest absolute Gasteiger partial charge is 0.494 e.